The molecule has 2 aliphatic heterocycles. The van der Waals surface area contributed by atoms with Crippen LogP contribution in [0.4, 0.5) is 10.5 Å². The number of hydrogen-bond acceptors (Lipinski definition) is 4. The van der Waals surface area contributed by atoms with Crippen LogP contribution in [0.15, 0.2) is 48.5 Å². The minimum absolute atomic E-state index is 0.147. The Morgan fingerprint density at radius 1 is 0.969 bits per heavy atom. The molecule has 2 aliphatic rings. The molecule has 32 heavy (non-hydrogen) atoms. The standard InChI is InChI=1S/C25H28N2O5/c1-25(2,3)32-24(31)27-20-11-7-6-9-17(20)13-21(27)23(30)26-15-18-10-5-4-8-16(18)12-19(26)14-22(28)29/h4-11,19,21H,12-15H2,1-3H3,(H,28,29)/t19-,21-/m1/s1. The van der Waals surface area contributed by atoms with Gasteiger partial charge in [-0.2, -0.15) is 0 Å². The van der Waals surface area contributed by atoms with Crippen LogP contribution < -0.4 is 4.90 Å². The second kappa shape index (κ2) is 8.30. The van der Waals surface area contributed by atoms with Gasteiger partial charge >= 0.3 is 12.1 Å². The predicted octanol–water partition coefficient (Wildman–Crippen LogP) is 3.78. The van der Waals surface area contributed by atoms with E-state index in [2.05, 4.69) is 0 Å². The third kappa shape index (κ3) is 4.33. The maximum absolute atomic E-state index is 13.8. The highest BCUT2D eigenvalue weighted by Crippen LogP contribution is 2.36. The summed E-state index contributed by atoms with van der Waals surface area (Å²) in [5, 5.41) is 9.47. The van der Waals surface area contributed by atoms with Gasteiger partial charge in [0.1, 0.15) is 11.6 Å². The number of carbonyl (C=O) groups excluding carboxylic acids is 2. The summed E-state index contributed by atoms with van der Waals surface area (Å²) in [6.45, 7) is 5.68. The van der Waals surface area contributed by atoms with E-state index in [0.717, 1.165) is 16.7 Å². The molecule has 2 aromatic carbocycles. The van der Waals surface area contributed by atoms with Crippen molar-refractivity contribution >= 4 is 23.7 Å². The number of hydrogen-bond donors (Lipinski definition) is 1. The minimum atomic E-state index is -0.953. The average molecular weight is 437 g/mol. The molecule has 0 fully saturated rings. The average Bonchev–Trinajstić information content (AvgIpc) is 3.11. The highest BCUT2D eigenvalue weighted by atomic mass is 16.6. The Balaban J connectivity index is 1.68. The topological polar surface area (TPSA) is 87.2 Å². The molecule has 0 spiro atoms. The van der Waals surface area contributed by atoms with E-state index in [1.165, 1.54) is 4.90 Å². The fourth-order valence-electron chi connectivity index (χ4n) is 4.54. The van der Waals surface area contributed by atoms with Crippen LogP contribution in [0, 0.1) is 0 Å². The van der Waals surface area contributed by atoms with Gasteiger partial charge < -0.3 is 14.7 Å². The Bertz CT molecular complexity index is 1060. The van der Waals surface area contributed by atoms with Crippen LogP contribution in [0.1, 0.15) is 43.9 Å². The molecule has 2 heterocycles. The summed E-state index contributed by atoms with van der Waals surface area (Å²) in [6, 6.07) is 13.9. The van der Waals surface area contributed by atoms with Gasteiger partial charge in [-0.3, -0.25) is 14.5 Å². The molecule has 168 valence electrons. The zero-order valence-electron chi connectivity index (χ0n) is 18.6. The summed E-state index contributed by atoms with van der Waals surface area (Å²) in [5.74, 6) is -1.21. The maximum Gasteiger partial charge on any atom is 0.415 e. The van der Waals surface area contributed by atoms with Crippen LogP contribution >= 0.6 is 0 Å². The van der Waals surface area contributed by atoms with Crippen LogP contribution in [-0.4, -0.2) is 45.7 Å². The summed E-state index contributed by atoms with van der Waals surface area (Å²) in [7, 11) is 0. The van der Waals surface area contributed by atoms with Crippen LogP contribution in [0.2, 0.25) is 0 Å². The van der Waals surface area contributed by atoms with Gasteiger partial charge in [0.25, 0.3) is 0 Å². The van der Waals surface area contributed by atoms with E-state index in [4.69, 9.17) is 4.74 Å². The SMILES string of the molecule is CC(C)(C)OC(=O)N1c2ccccc2C[C@@H]1C(=O)N1Cc2ccccc2C[C@@H]1CC(=O)O. The van der Waals surface area contributed by atoms with Crippen LogP contribution in [0.3, 0.4) is 0 Å². The first kappa shape index (κ1) is 21.9. The number of benzene rings is 2. The van der Waals surface area contributed by atoms with Crippen LogP contribution in [0.5, 0.6) is 0 Å². The van der Waals surface area contributed by atoms with Crippen molar-refractivity contribution in [2.75, 3.05) is 4.90 Å². The van der Waals surface area contributed by atoms with E-state index in [-0.39, 0.29) is 12.3 Å². The number of carboxylic acids is 1. The molecule has 2 aromatic rings. The number of carbonyl (C=O) groups is 3. The number of ether oxygens (including phenoxy) is 1. The molecular formula is C25H28N2O5. The van der Waals surface area contributed by atoms with E-state index in [1.54, 1.807) is 25.7 Å². The highest BCUT2D eigenvalue weighted by molar-refractivity contribution is 6.01. The normalized spacial score (nSPS) is 19.8. The molecule has 1 N–H and O–H groups in total. The lowest BCUT2D eigenvalue weighted by Gasteiger charge is -2.39. The van der Waals surface area contributed by atoms with E-state index < -0.39 is 29.7 Å². The summed E-state index contributed by atoms with van der Waals surface area (Å²) in [6.07, 6.45) is 0.117. The van der Waals surface area contributed by atoms with Crippen molar-refractivity contribution in [1.82, 2.24) is 4.90 Å². The molecule has 0 aliphatic carbocycles. The first-order valence-corrected chi connectivity index (χ1v) is 10.8. The first-order valence-electron chi connectivity index (χ1n) is 10.8. The van der Waals surface area contributed by atoms with Crippen molar-refractivity contribution in [3.8, 4) is 0 Å². The Labute approximate surface area is 187 Å². The zero-order chi connectivity index (χ0) is 23.0. The fourth-order valence-corrected chi connectivity index (χ4v) is 4.54. The van der Waals surface area contributed by atoms with Crippen molar-refractivity contribution in [3.63, 3.8) is 0 Å². The molecular weight excluding hydrogens is 408 g/mol. The van der Waals surface area contributed by atoms with Crippen molar-refractivity contribution in [3.05, 3.63) is 65.2 Å². The van der Waals surface area contributed by atoms with Crippen molar-refractivity contribution < 1.29 is 24.2 Å². The van der Waals surface area contributed by atoms with Gasteiger partial charge in [-0.05, 0) is 49.9 Å². The molecule has 7 heteroatoms. The van der Waals surface area contributed by atoms with E-state index in [1.807, 2.05) is 48.5 Å². The van der Waals surface area contributed by atoms with Crippen molar-refractivity contribution in [2.45, 2.75) is 64.3 Å². The fraction of sp³-hybridized carbons (Fsp3) is 0.400. The lowest BCUT2D eigenvalue weighted by atomic mass is 9.91. The molecule has 2 atom stereocenters. The molecule has 0 aromatic heterocycles. The third-order valence-electron chi connectivity index (χ3n) is 5.90. The van der Waals surface area contributed by atoms with E-state index >= 15 is 0 Å². The quantitative estimate of drug-likeness (QED) is 0.791. The van der Waals surface area contributed by atoms with Crippen molar-refractivity contribution in [2.24, 2.45) is 0 Å². The van der Waals surface area contributed by atoms with E-state index in [9.17, 15) is 19.5 Å². The van der Waals surface area contributed by atoms with Gasteiger partial charge in [0.15, 0.2) is 0 Å². The third-order valence-corrected chi connectivity index (χ3v) is 5.90. The van der Waals surface area contributed by atoms with E-state index in [0.29, 0.717) is 25.1 Å². The lowest BCUT2D eigenvalue weighted by Crippen LogP contribution is -2.55. The van der Waals surface area contributed by atoms with Crippen LogP contribution in [-0.2, 0) is 33.7 Å². The first-order chi connectivity index (χ1) is 15.1. The minimum Gasteiger partial charge on any atom is -0.481 e. The Kier molecular flexibility index (Phi) is 5.67. The molecule has 2 amide bonds. The molecule has 7 nitrogen and oxygen atoms in total. The lowest BCUT2D eigenvalue weighted by molar-refractivity contribution is -0.142. The number of rotatable bonds is 3. The number of nitrogens with zero attached hydrogens (tertiary/aromatic N) is 2. The van der Waals surface area contributed by atoms with Gasteiger partial charge in [-0.1, -0.05) is 42.5 Å². The summed E-state index contributed by atoms with van der Waals surface area (Å²) in [4.78, 5) is 41.6. The van der Waals surface area contributed by atoms with Gasteiger partial charge in [0.05, 0.1) is 12.1 Å². The monoisotopic (exact) mass is 436 g/mol. The smallest absolute Gasteiger partial charge is 0.415 e. The Morgan fingerprint density at radius 2 is 1.59 bits per heavy atom. The molecule has 0 saturated heterocycles. The largest absolute Gasteiger partial charge is 0.481 e. The molecule has 0 saturated carbocycles. The maximum atomic E-state index is 13.8. The van der Waals surface area contributed by atoms with Gasteiger partial charge in [0.2, 0.25) is 5.91 Å². The predicted molar refractivity (Wildman–Crippen MR) is 119 cm³/mol. The summed E-state index contributed by atoms with van der Waals surface area (Å²) < 4.78 is 5.62. The number of anilines is 1. The molecule has 0 bridgehead atoms. The number of amides is 2. The number of para-hydroxylation sites is 1. The summed E-state index contributed by atoms with van der Waals surface area (Å²) in [5.41, 5.74) is 2.90. The number of carboxylic acid groups (broad SMARTS) is 1. The zero-order valence-corrected chi connectivity index (χ0v) is 18.6. The van der Waals surface area contributed by atoms with Crippen molar-refractivity contribution in [1.29, 1.82) is 0 Å². The van der Waals surface area contributed by atoms with Gasteiger partial charge in [-0.25, -0.2) is 4.79 Å². The summed E-state index contributed by atoms with van der Waals surface area (Å²) >= 11 is 0. The number of aliphatic carboxylic acids is 1. The highest BCUT2D eigenvalue weighted by Gasteiger charge is 2.44. The molecule has 4 rings (SSSR count). The number of fused-ring (bicyclic) bond motifs is 2. The molecule has 0 unspecified atom stereocenters. The second-order valence-corrected chi connectivity index (χ2v) is 9.39. The van der Waals surface area contributed by atoms with Gasteiger partial charge in [-0.15, -0.1) is 0 Å². The molecule has 0 radical (unpaired) electrons. The Morgan fingerprint density at radius 3 is 2.25 bits per heavy atom. The Hall–Kier alpha value is -3.35. The van der Waals surface area contributed by atoms with Gasteiger partial charge in [0, 0.05) is 19.0 Å². The van der Waals surface area contributed by atoms with Crippen LogP contribution in [0.25, 0.3) is 0 Å². The second-order valence-electron chi connectivity index (χ2n) is 9.39.